The zero-order valence-corrected chi connectivity index (χ0v) is 22.1. The van der Waals surface area contributed by atoms with Crippen molar-refractivity contribution in [1.82, 2.24) is 0 Å². The Morgan fingerprint density at radius 1 is 0.839 bits per heavy atom. The van der Waals surface area contributed by atoms with Crippen LogP contribution in [0, 0.1) is 45.3 Å². The predicted molar refractivity (Wildman–Crippen MR) is 133 cm³/mol. The highest BCUT2D eigenvalue weighted by atomic mass is 16.3. The molecule has 4 rings (SSSR count). The standard InChI is InChI=1S/C30H52O/c1-20(2)10-9-11-21(3)22-14-18-30(8)24-12-13-25-27(4,5)26(31)16-17-28(25,6)23(24)15-19-29(22,30)7/h20-22,25-26,31H,9-19H2,1-8H3/t21?,22-,25+,26+,28-,29-,30+/m1/s1. The third kappa shape index (κ3) is 3.41. The molecule has 0 heterocycles. The van der Waals surface area contributed by atoms with Gasteiger partial charge in [-0.05, 0) is 96.7 Å². The maximum Gasteiger partial charge on any atom is 0.0594 e. The Balaban J connectivity index is 1.63. The highest BCUT2D eigenvalue weighted by Gasteiger charge is 2.63. The van der Waals surface area contributed by atoms with Gasteiger partial charge < -0.3 is 5.11 Å². The maximum atomic E-state index is 10.8. The van der Waals surface area contributed by atoms with E-state index in [4.69, 9.17) is 0 Å². The molecule has 7 atom stereocenters. The second-order valence-electron chi connectivity index (χ2n) is 14.0. The van der Waals surface area contributed by atoms with Gasteiger partial charge in [-0.25, -0.2) is 0 Å². The van der Waals surface area contributed by atoms with Crippen molar-refractivity contribution in [2.45, 2.75) is 132 Å². The van der Waals surface area contributed by atoms with E-state index in [1.807, 2.05) is 11.1 Å². The molecule has 0 spiro atoms. The van der Waals surface area contributed by atoms with E-state index in [-0.39, 0.29) is 11.5 Å². The van der Waals surface area contributed by atoms with Gasteiger partial charge in [-0.2, -0.15) is 0 Å². The zero-order chi connectivity index (χ0) is 22.8. The molecule has 4 aliphatic rings. The first kappa shape index (κ1) is 23.8. The zero-order valence-electron chi connectivity index (χ0n) is 22.1. The lowest BCUT2D eigenvalue weighted by atomic mass is 9.43. The molecule has 0 aromatic carbocycles. The van der Waals surface area contributed by atoms with Gasteiger partial charge in [0, 0.05) is 0 Å². The van der Waals surface area contributed by atoms with Crippen LogP contribution >= 0.6 is 0 Å². The Bertz CT molecular complexity index is 716. The Hall–Kier alpha value is -0.300. The van der Waals surface area contributed by atoms with Gasteiger partial charge in [0.05, 0.1) is 6.10 Å². The molecule has 0 aromatic heterocycles. The van der Waals surface area contributed by atoms with E-state index in [9.17, 15) is 5.11 Å². The van der Waals surface area contributed by atoms with Crippen LogP contribution in [0.4, 0.5) is 0 Å². The number of hydrogen-bond acceptors (Lipinski definition) is 1. The van der Waals surface area contributed by atoms with Crippen LogP contribution in [0.1, 0.15) is 126 Å². The van der Waals surface area contributed by atoms with Gasteiger partial charge in [0.15, 0.2) is 0 Å². The third-order valence-electron chi connectivity index (χ3n) is 11.9. The molecule has 2 fully saturated rings. The molecule has 0 saturated heterocycles. The molecule has 0 bridgehead atoms. The quantitative estimate of drug-likeness (QED) is 0.435. The maximum absolute atomic E-state index is 10.8. The first-order valence-electron chi connectivity index (χ1n) is 13.8. The average molecular weight is 429 g/mol. The van der Waals surface area contributed by atoms with E-state index in [0.717, 1.165) is 24.2 Å². The van der Waals surface area contributed by atoms with Crippen LogP contribution in [0.2, 0.25) is 0 Å². The summed E-state index contributed by atoms with van der Waals surface area (Å²) < 4.78 is 0. The molecule has 4 aliphatic carbocycles. The molecule has 0 radical (unpaired) electrons. The summed E-state index contributed by atoms with van der Waals surface area (Å²) in [4.78, 5) is 0. The Kier molecular flexibility index (Phi) is 6.07. The second kappa shape index (κ2) is 7.89. The number of fused-ring (bicyclic) bond motifs is 4. The number of rotatable bonds is 5. The van der Waals surface area contributed by atoms with Crippen molar-refractivity contribution in [3.63, 3.8) is 0 Å². The summed E-state index contributed by atoms with van der Waals surface area (Å²) in [5.74, 6) is 3.24. The fraction of sp³-hybridized carbons (Fsp3) is 0.933. The van der Waals surface area contributed by atoms with Crippen LogP contribution in [-0.2, 0) is 0 Å². The first-order valence-corrected chi connectivity index (χ1v) is 13.8. The minimum absolute atomic E-state index is 0.0519. The van der Waals surface area contributed by atoms with Gasteiger partial charge in [-0.3, -0.25) is 0 Å². The van der Waals surface area contributed by atoms with Gasteiger partial charge >= 0.3 is 0 Å². The van der Waals surface area contributed by atoms with Gasteiger partial charge in [-0.1, -0.05) is 85.8 Å². The summed E-state index contributed by atoms with van der Waals surface area (Å²) in [5, 5.41) is 10.8. The fourth-order valence-corrected chi connectivity index (χ4v) is 9.68. The van der Waals surface area contributed by atoms with Crippen molar-refractivity contribution in [2.24, 2.45) is 45.3 Å². The number of aliphatic hydroxyl groups is 1. The summed E-state index contributed by atoms with van der Waals surface area (Å²) in [6.07, 6.45) is 14.4. The molecule has 0 amide bonds. The van der Waals surface area contributed by atoms with Crippen molar-refractivity contribution in [3.8, 4) is 0 Å². The monoisotopic (exact) mass is 428 g/mol. The van der Waals surface area contributed by atoms with E-state index in [2.05, 4.69) is 55.4 Å². The van der Waals surface area contributed by atoms with E-state index >= 15 is 0 Å². The summed E-state index contributed by atoms with van der Waals surface area (Å²) in [6, 6.07) is 0. The molecule has 31 heavy (non-hydrogen) atoms. The molecule has 0 aliphatic heterocycles. The number of aliphatic hydroxyl groups excluding tert-OH is 1. The molecular weight excluding hydrogens is 376 g/mol. The molecule has 1 nitrogen and oxygen atoms in total. The van der Waals surface area contributed by atoms with Crippen molar-refractivity contribution in [3.05, 3.63) is 11.1 Å². The predicted octanol–water partition coefficient (Wildman–Crippen LogP) is 8.56. The number of allylic oxidation sites excluding steroid dienone is 2. The summed E-state index contributed by atoms with van der Waals surface area (Å²) >= 11 is 0. The molecule has 2 saturated carbocycles. The minimum Gasteiger partial charge on any atom is -0.393 e. The van der Waals surface area contributed by atoms with Crippen LogP contribution in [0.5, 0.6) is 0 Å². The smallest absolute Gasteiger partial charge is 0.0594 e. The van der Waals surface area contributed by atoms with E-state index in [1.165, 1.54) is 64.2 Å². The average Bonchev–Trinajstić information content (AvgIpc) is 2.96. The van der Waals surface area contributed by atoms with Crippen LogP contribution in [0.15, 0.2) is 11.1 Å². The molecule has 1 N–H and O–H groups in total. The highest BCUT2D eigenvalue weighted by Crippen LogP contribution is 2.72. The lowest BCUT2D eigenvalue weighted by molar-refractivity contribution is -0.0962. The Morgan fingerprint density at radius 2 is 1.55 bits per heavy atom. The molecule has 0 aromatic rings. The molecule has 1 heteroatoms. The molecule has 1 unspecified atom stereocenters. The van der Waals surface area contributed by atoms with Gasteiger partial charge in [0.1, 0.15) is 0 Å². The highest BCUT2D eigenvalue weighted by molar-refractivity contribution is 5.38. The number of hydrogen-bond donors (Lipinski definition) is 1. The minimum atomic E-state index is -0.125. The molecule has 178 valence electrons. The lowest BCUT2D eigenvalue weighted by Crippen LogP contribution is -2.55. The van der Waals surface area contributed by atoms with Crippen molar-refractivity contribution < 1.29 is 5.11 Å². The topological polar surface area (TPSA) is 20.2 Å². The normalized spacial score (nSPS) is 45.3. The third-order valence-corrected chi connectivity index (χ3v) is 11.9. The first-order chi connectivity index (χ1) is 14.4. The van der Waals surface area contributed by atoms with Gasteiger partial charge in [-0.15, -0.1) is 0 Å². The van der Waals surface area contributed by atoms with Crippen molar-refractivity contribution >= 4 is 0 Å². The van der Waals surface area contributed by atoms with Crippen molar-refractivity contribution in [1.29, 1.82) is 0 Å². The Labute approximate surface area is 193 Å². The summed E-state index contributed by atoms with van der Waals surface area (Å²) in [6.45, 7) is 20.0. The van der Waals surface area contributed by atoms with E-state index < -0.39 is 0 Å². The van der Waals surface area contributed by atoms with Crippen LogP contribution in [-0.4, -0.2) is 11.2 Å². The Morgan fingerprint density at radius 3 is 2.23 bits per heavy atom. The van der Waals surface area contributed by atoms with Gasteiger partial charge in [0.2, 0.25) is 0 Å². The van der Waals surface area contributed by atoms with Gasteiger partial charge in [0.25, 0.3) is 0 Å². The van der Waals surface area contributed by atoms with Crippen LogP contribution < -0.4 is 0 Å². The van der Waals surface area contributed by atoms with Crippen molar-refractivity contribution in [2.75, 3.05) is 0 Å². The van der Waals surface area contributed by atoms with Crippen LogP contribution in [0.25, 0.3) is 0 Å². The van der Waals surface area contributed by atoms with Crippen LogP contribution in [0.3, 0.4) is 0 Å². The summed E-state index contributed by atoms with van der Waals surface area (Å²) in [5.41, 5.74) is 5.01. The SMILES string of the molecule is CC(C)CCCC(C)[C@H]1CC[C@@]2(C)C3=C(CC[C@]12C)[C@@]1(C)CC[C@H](O)C(C)(C)[C@@H]1CC3. The molecular formula is C30H52O. The van der Waals surface area contributed by atoms with E-state index in [1.54, 1.807) is 0 Å². The summed E-state index contributed by atoms with van der Waals surface area (Å²) in [7, 11) is 0. The van der Waals surface area contributed by atoms with E-state index in [0.29, 0.717) is 22.2 Å². The largest absolute Gasteiger partial charge is 0.393 e. The lowest BCUT2D eigenvalue weighted by Gasteiger charge is -2.62. The fourth-order valence-electron chi connectivity index (χ4n) is 9.68. The second-order valence-corrected chi connectivity index (χ2v) is 14.0.